The van der Waals surface area contributed by atoms with Crippen molar-refractivity contribution < 1.29 is 18.0 Å². The maximum atomic E-state index is 12.8. The summed E-state index contributed by atoms with van der Waals surface area (Å²) in [4.78, 5) is 19.8. The van der Waals surface area contributed by atoms with Crippen LogP contribution in [0.5, 0.6) is 0 Å². The Morgan fingerprint density at radius 1 is 1.27 bits per heavy atom. The standard InChI is InChI=1S/C22H20F3N7O/c1-14(20-30-28-13-32(20)16-6-7-16)4-3-5-15(2)29-21(33)18-10-17(8-9-26-18)31-11-19(27-12-31)22(23,24)25/h3-5,8-13,16H,2,6-7H2,1H3,(H,29,33)/b5-3-,14-4+. The Morgan fingerprint density at radius 3 is 2.76 bits per heavy atom. The number of pyridine rings is 1. The normalized spacial score (nSPS) is 14.6. The molecule has 1 aliphatic rings. The third kappa shape index (κ3) is 5.25. The Labute approximate surface area is 187 Å². The van der Waals surface area contributed by atoms with Crippen LogP contribution in [0.4, 0.5) is 13.2 Å². The average Bonchev–Trinajstić information content (AvgIpc) is 3.27. The highest BCUT2D eigenvalue weighted by Crippen LogP contribution is 2.36. The highest BCUT2D eigenvalue weighted by Gasteiger charge is 2.33. The molecule has 1 amide bonds. The van der Waals surface area contributed by atoms with E-state index in [1.807, 2.05) is 17.6 Å². The first kappa shape index (κ1) is 22.2. The van der Waals surface area contributed by atoms with Crippen LogP contribution in [0.2, 0.25) is 0 Å². The van der Waals surface area contributed by atoms with Crippen molar-refractivity contribution in [2.45, 2.75) is 32.0 Å². The number of nitrogens with one attached hydrogen (secondary N) is 1. The van der Waals surface area contributed by atoms with E-state index in [4.69, 9.17) is 0 Å². The van der Waals surface area contributed by atoms with E-state index in [2.05, 4.69) is 32.1 Å². The van der Waals surface area contributed by atoms with E-state index >= 15 is 0 Å². The quantitative estimate of drug-likeness (QED) is 0.542. The Kier molecular flexibility index (Phi) is 5.95. The summed E-state index contributed by atoms with van der Waals surface area (Å²) in [6, 6.07) is 3.30. The monoisotopic (exact) mass is 455 g/mol. The summed E-state index contributed by atoms with van der Waals surface area (Å²) in [6.07, 6.45) is 7.82. The zero-order valence-corrected chi connectivity index (χ0v) is 17.6. The summed E-state index contributed by atoms with van der Waals surface area (Å²) >= 11 is 0. The molecule has 0 unspecified atom stereocenters. The first-order valence-corrected chi connectivity index (χ1v) is 10.0. The Balaban J connectivity index is 1.40. The van der Waals surface area contributed by atoms with E-state index in [0.29, 0.717) is 17.4 Å². The van der Waals surface area contributed by atoms with Gasteiger partial charge in [0.25, 0.3) is 5.91 Å². The summed E-state index contributed by atoms with van der Waals surface area (Å²) in [7, 11) is 0. The topological polar surface area (TPSA) is 90.5 Å². The summed E-state index contributed by atoms with van der Waals surface area (Å²) < 4.78 is 41.5. The lowest BCUT2D eigenvalue weighted by Gasteiger charge is -2.07. The molecule has 3 heterocycles. The highest BCUT2D eigenvalue weighted by atomic mass is 19.4. The van der Waals surface area contributed by atoms with Gasteiger partial charge >= 0.3 is 6.18 Å². The number of imidazole rings is 1. The zero-order chi connectivity index (χ0) is 23.6. The second kappa shape index (κ2) is 8.85. The van der Waals surface area contributed by atoms with E-state index in [1.165, 1.54) is 22.9 Å². The number of allylic oxidation sites excluding steroid dienone is 4. The van der Waals surface area contributed by atoms with Crippen LogP contribution in [-0.4, -0.2) is 35.2 Å². The van der Waals surface area contributed by atoms with Gasteiger partial charge in [-0.3, -0.25) is 9.78 Å². The van der Waals surface area contributed by atoms with Crippen LogP contribution in [0.1, 0.15) is 47.8 Å². The van der Waals surface area contributed by atoms with Crippen LogP contribution < -0.4 is 5.32 Å². The van der Waals surface area contributed by atoms with E-state index in [-0.39, 0.29) is 5.69 Å². The van der Waals surface area contributed by atoms with Crippen molar-refractivity contribution in [1.29, 1.82) is 0 Å². The van der Waals surface area contributed by atoms with Gasteiger partial charge in [0, 0.05) is 24.1 Å². The average molecular weight is 455 g/mol. The number of carbonyl (C=O) groups is 1. The zero-order valence-electron chi connectivity index (χ0n) is 17.6. The van der Waals surface area contributed by atoms with Crippen molar-refractivity contribution in [2.75, 3.05) is 0 Å². The fraction of sp³-hybridized carbons (Fsp3) is 0.227. The Bertz CT molecular complexity index is 1250. The van der Waals surface area contributed by atoms with Crippen molar-refractivity contribution in [3.8, 4) is 5.69 Å². The Hall–Kier alpha value is -4.02. The third-order valence-electron chi connectivity index (χ3n) is 4.93. The maximum absolute atomic E-state index is 12.8. The van der Waals surface area contributed by atoms with Gasteiger partial charge in [0.2, 0.25) is 0 Å². The fourth-order valence-electron chi connectivity index (χ4n) is 3.09. The van der Waals surface area contributed by atoms with E-state index in [1.54, 1.807) is 18.5 Å². The first-order valence-electron chi connectivity index (χ1n) is 10.0. The van der Waals surface area contributed by atoms with Crippen molar-refractivity contribution in [3.63, 3.8) is 0 Å². The second-order valence-corrected chi connectivity index (χ2v) is 7.54. The SMILES string of the molecule is C=C(/C=C\C=C(/C)c1nncn1C1CC1)NC(=O)c1cc(-n2cnc(C(F)(F)F)c2)ccn1. The lowest BCUT2D eigenvalue weighted by Crippen LogP contribution is -2.22. The summed E-state index contributed by atoms with van der Waals surface area (Å²) in [6.45, 7) is 5.72. The van der Waals surface area contributed by atoms with Crippen molar-refractivity contribution in [2.24, 2.45) is 0 Å². The van der Waals surface area contributed by atoms with Crippen LogP contribution in [-0.2, 0) is 6.18 Å². The van der Waals surface area contributed by atoms with E-state index < -0.39 is 17.8 Å². The fourth-order valence-corrected chi connectivity index (χ4v) is 3.09. The molecule has 33 heavy (non-hydrogen) atoms. The molecule has 4 rings (SSSR count). The molecule has 0 atom stereocenters. The van der Waals surface area contributed by atoms with E-state index in [9.17, 15) is 18.0 Å². The molecule has 11 heteroatoms. The van der Waals surface area contributed by atoms with Gasteiger partial charge in [-0.1, -0.05) is 18.7 Å². The third-order valence-corrected chi connectivity index (χ3v) is 4.93. The van der Waals surface area contributed by atoms with Gasteiger partial charge in [-0.05, 0) is 43.5 Å². The number of carbonyl (C=O) groups excluding carboxylic acids is 1. The highest BCUT2D eigenvalue weighted by molar-refractivity contribution is 5.94. The predicted octanol–water partition coefficient (Wildman–Crippen LogP) is 4.12. The van der Waals surface area contributed by atoms with Gasteiger partial charge in [0.15, 0.2) is 11.5 Å². The van der Waals surface area contributed by atoms with Crippen LogP contribution in [0, 0.1) is 0 Å². The number of hydrogen-bond donors (Lipinski definition) is 1. The minimum absolute atomic E-state index is 0.0218. The number of nitrogens with zero attached hydrogens (tertiary/aromatic N) is 6. The minimum atomic E-state index is -4.55. The maximum Gasteiger partial charge on any atom is 0.434 e. The summed E-state index contributed by atoms with van der Waals surface area (Å²) in [5, 5.41) is 10.7. The molecule has 1 N–H and O–H groups in total. The number of rotatable bonds is 7. The van der Waals surface area contributed by atoms with Gasteiger partial charge in [-0.15, -0.1) is 10.2 Å². The number of aromatic nitrogens is 6. The van der Waals surface area contributed by atoms with Crippen molar-refractivity contribution in [1.82, 2.24) is 34.6 Å². The van der Waals surface area contributed by atoms with Crippen LogP contribution >= 0.6 is 0 Å². The lowest BCUT2D eigenvalue weighted by atomic mass is 10.2. The molecular weight excluding hydrogens is 435 g/mol. The smallest absolute Gasteiger partial charge is 0.321 e. The molecule has 3 aromatic rings. The lowest BCUT2D eigenvalue weighted by molar-refractivity contribution is -0.140. The number of alkyl halides is 3. The van der Waals surface area contributed by atoms with Gasteiger partial charge in [-0.2, -0.15) is 13.2 Å². The minimum Gasteiger partial charge on any atom is -0.321 e. The first-order chi connectivity index (χ1) is 15.7. The molecule has 170 valence electrons. The Morgan fingerprint density at radius 2 is 2.06 bits per heavy atom. The van der Waals surface area contributed by atoms with E-state index in [0.717, 1.165) is 36.8 Å². The van der Waals surface area contributed by atoms with Crippen LogP contribution in [0.15, 0.2) is 67.7 Å². The van der Waals surface area contributed by atoms with Gasteiger partial charge in [0.1, 0.15) is 12.0 Å². The molecule has 0 aromatic carbocycles. The molecule has 1 aliphatic carbocycles. The molecule has 0 aliphatic heterocycles. The molecule has 3 aromatic heterocycles. The number of amides is 1. The molecule has 0 bridgehead atoms. The number of hydrogen-bond acceptors (Lipinski definition) is 5. The van der Waals surface area contributed by atoms with Gasteiger partial charge in [-0.25, -0.2) is 4.98 Å². The molecule has 8 nitrogen and oxygen atoms in total. The van der Waals surface area contributed by atoms with Gasteiger partial charge in [0.05, 0.1) is 12.0 Å². The molecule has 1 saturated carbocycles. The van der Waals surface area contributed by atoms with Crippen molar-refractivity contribution in [3.05, 3.63) is 84.9 Å². The van der Waals surface area contributed by atoms with Crippen LogP contribution in [0.3, 0.4) is 0 Å². The molecular formula is C22H20F3N7O. The second-order valence-electron chi connectivity index (χ2n) is 7.54. The molecule has 1 fully saturated rings. The van der Waals surface area contributed by atoms with Crippen molar-refractivity contribution >= 4 is 11.5 Å². The van der Waals surface area contributed by atoms with Gasteiger partial charge < -0.3 is 14.5 Å². The molecule has 0 spiro atoms. The predicted molar refractivity (Wildman–Crippen MR) is 114 cm³/mol. The van der Waals surface area contributed by atoms with Crippen LogP contribution in [0.25, 0.3) is 11.3 Å². The molecule has 0 radical (unpaired) electrons. The largest absolute Gasteiger partial charge is 0.434 e. The molecule has 0 saturated heterocycles. The summed E-state index contributed by atoms with van der Waals surface area (Å²) in [5.74, 6) is 0.253. The number of halogens is 3. The summed E-state index contributed by atoms with van der Waals surface area (Å²) in [5.41, 5.74) is 0.554.